The summed E-state index contributed by atoms with van der Waals surface area (Å²) in [5.41, 5.74) is 6.17. The van der Waals surface area contributed by atoms with Crippen molar-refractivity contribution in [3.05, 3.63) is 69.7 Å². The summed E-state index contributed by atoms with van der Waals surface area (Å²) in [4.78, 5) is 23.4. The van der Waals surface area contributed by atoms with Gasteiger partial charge in [-0.3, -0.25) is 20.4 Å². The van der Waals surface area contributed by atoms with Gasteiger partial charge in [0.1, 0.15) is 5.75 Å². The van der Waals surface area contributed by atoms with Crippen LogP contribution in [0.5, 0.6) is 5.75 Å². The Balaban J connectivity index is 1.75. The molecule has 2 aromatic rings. The molecule has 0 aliphatic rings. The van der Waals surface area contributed by atoms with E-state index in [0.717, 1.165) is 11.1 Å². The number of nitrogens with one attached hydrogen (secondary N) is 2. The van der Waals surface area contributed by atoms with Gasteiger partial charge in [0.05, 0.1) is 0 Å². The Labute approximate surface area is 155 Å². The van der Waals surface area contributed by atoms with Gasteiger partial charge in [-0.15, -0.1) is 0 Å². The van der Waals surface area contributed by atoms with Gasteiger partial charge in [0.15, 0.2) is 6.61 Å². The average molecular weight is 379 g/mol. The first-order chi connectivity index (χ1) is 11.9. The molecule has 0 atom stereocenters. The number of amides is 2. The predicted molar refractivity (Wildman–Crippen MR) is 98.5 cm³/mol. The average Bonchev–Trinajstić information content (AvgIpc) is 2.58. The quantitative estimate of drug-likeness (QED) is 0.617. The summed E-state index contributed by atoms with van der Waals surface area (Å²) in [6.45, 7) is 1.59. The molecule has 7 heteroatoms. The number of hydrazine groups is 1. The van der Waals surface area contributed by atoms with Crippen LogP contribution in [-0.2, 0) is 9.59 Å². The molecule has 0 unspecified atom stereocenters. The van der Waals surface area contributed by atoms with Crippen LogP contribution in [0.15, 0.2) is 48.5 Å². The van der Waals surface area contributed by atoms with Crippen LogP contribution >= 0.6 is 23.2 Å². The fourth-order valence-electron chi connectivity index (χ4n) is 1.87. The van der Waals surface area contributed by atoms with E-state index in [1.54, 1.807) is 48.5 Å². The third kappa shape index (κ3) is 6.49. The summed E-state index contributed by atoms with van der Waals surface area (Å²) in [5.74, 6) is -0.401. The standard InChI is InChI=1S/C18H16Cl2N2O3/c1-12-10-15(20)7-8-16(12)25-11-18(24)22-21-17(23)9-4-13-2-5-14(19)6-3-13/h2-10H,11H2,1H3,(H,21,23)(H,22,24)/b9-4+. The van der Waals surface area contributed by atoms with E-state index in [0.29, 0.717) is 15.8 Å². The van der Waals surface area contributed by atoms with Crippen LogP contribution in [0.1, 0.15) is 11.1 Å². The molecule has 0 fully saturated rings. The second-order valence-corrected chi connectivity index (χ2v) is 5.99. The van der Waals surface area contributed by atoms with Crippen molar-refractivity contribution in [3.63, 3.8) is 0 Å². The molecule has 2 rings (SSSR count). The minimum atomic E-state index is -0.484. The predicted octanol–water partition coefficient (Wildman–Crippen LogP) is 3.54. The highest BCUT2D eigenvalue weighted by Crippen LogP contribution is 2.21. The van der Waals surface area contributed by atoms with Crippen molar-refractivity contribution in [3.8, 4) is 5.75 Å². The molecule has 0 saturated carbocycles. The van der Waals surface area contributed by atoms with E-state index in [2.05, 4.69) is 10.9 Å². The maximum atomic E-state index is 11.7. The Kier molecular flexibility index (Phi) is 6.86. The van der Waals surface area contributed by atoms with E-state index in [9.17, 15) is 9.59 Å². The van der Waals surface area contributed by atoms with Gasteiger partial charge in [-0.1, -0.05) is 35.3 Å². The first-order valence-electron chi connectivity index (χ1n) is 7.35. The summed E-state index contributed by atoms with van der Waals surface area (Å²) in [7, 11) is 0. The molecule has 0 spiro atoms. The largest absolute Gasteiger partial charge is 0.483 e. The summed E-state index contributed by atoms with van der Waals surface area (Å²) in [5, 5.41) is 1.21. The van der Waals surface area contributed by atoms with Gasteiger partial charge in [0.2, 0.25) is 0 Å². The molecule has 2 aromatic carbocycles. The molecule has 130 valence electrons. The maximum Gasteiger partial charge on any atom is 0.276 e. The van der Waals surface area contributed by atoms with Crippen molar-refractivity contribution in [1.82, 2.24) is 10.9 Å². The normalized spacial score (nSPS) is 10.5. The van der Waals surface area contributed by atoms with Crippen molar-refractivity contribution in [1.29, 1.82) is 0 Å². The van der Waals surface area contributed by atoms with E-state index in [1.807, 2.05) is 6.92 Å². The van der Waals surface area contributed by atoms with Gasteiger partial charge in [-0.25, -0.2) is 0 Å². The fourth-order valence-corrected chi connectivity index (χ4v) is 2.23. The van der Waals surface area contributed by atoms with Gasteiger partial charge in [-0.2, -0.15) is 0 Å². The lowest BCUT2D eigenvalue weighted by molar-refractivity contribution is -0.128. The van der Waals surface area contributed by atoms with Crippen molar-refractivity contribution in [2.75, 3.05) is 6.61 Å². The van der Waals surface area contributed by atoms with Crippen LogP contribution in [0.4, 0.5) is 0 Å². The van der Waals surface area contributed by atoms with Gasteiger partial charge in [0.25, 0.3) is 11.8 Å². The Morgan fingerprint density at radius 1 is 1.04 bits per heavy atom. The molecule has 0 aliphatic heterocycles. The van der Waals surface area contributed by atoms with Crippen LogP contribution < -0.4 is 15.6 Å². The molecule has 2 N–H and O–H groups in total. The molecule has 25 heavy (non-hydrogen) atoms. The third-order valence-corrected chi connectivity index (χ3v) is 3.61. The smallest absolute Gasteiger partial charge is 0.276 e. The Hall–Kier alpha value is -2.50. The highest BCUT2D eigenvalue weighted by atomic mass is 35.5. The molecule has 0 aromatic heterocycles. The Bertz CT molecular complexity index is 789. The summed E-state index contributed by atoms with van der Waals surface area (Å²) < 4.78 is 5.37. The monoisotopic (exact) mass is 378 g/mol. The number of rotatable bonds is 5. The highest BCUT2D eigenvalue weighted by Gasteiger charge is 2.06. The molecular weight excluding hydrogens is 363 g/mol. The van der Waals surface area contributed by atoms with E-state index >= 15 is 0 Å². The van der Waals surface area contributed by atoms with Gasteiger partial charge >= 0.3 is 0 Å². The van der Waals surface area contributed by atoms with Crippen molar-refractivity contribution < 1.29 is 14.3 Å². The molecule has 0 saturated heterocycles. The molecule has 0 bridgehead atoms. The topological polar surface area (TPSA) is 67.4 Å². The Morgan fingerprint density at radius 2 is 1.72 bits per heavy atom. The zero-order valence-corrected chi connectivity index (χ0v) is 14.9. The number of aryl methyl sites for hydroxylation is 1. The third-order valence-electron chi connectivity index (χ3n) is 3.12. The first kappa shape index (κ1) is 18.8. The molecule has 0 aliphatic carbocycles. The van der Waals surface area contributed by atoms with Crippen LogP contribution in [0, 0.1) is 6.92 Å². The van der Waals surface area contributed by atoms with Gasteiger partial charge in [0, 0.05) is 16.1 Å². The highest BCUT2D eigenvalue weighted by molar-refractivity contribution is 6.30. The molecule has 2 amide bonds. The van der Waals surface area contributed by atoms with E-state index in [-0.39, 0.29) is 6.61 Å². The second-order valence-electron chi connectivity index (χ2n) is 5.12. The number of benzene rings is 2. The lowest BCUT2D eigenvalue weighted by Crippen LogP contribution is -2.43. The van der Waals surface area contributed by atoms with Crippen LogP contribution in [0.25, 0.3) is 6.08 Å². The molecule has 0 radical (unpaired) electrons. The van der Waals surface area contributed by atoms with E-state index < -0.39 is 11.8 Å². The number of halogens is 2. The summed E-state index contributed by atoms with van der Waals surface area (Å²) >= 11 is 11.6. The molecule has 0 heterocycles. The second kappa shape index (κ2) is 9.11. The number of hydrogen-bond donors (Lipinski definition) is 2. The number of ether oxygens (including phenoxy) is 1. The maximum absolute atomic E-state index is 11.7. The number of carbonyl (C=O) groups excluding carboxylic acids is 2. The minimum absolute atomic E-state index is 0.232. The van der Waals surface area contributed by atoms with Crippen molar-refractivity contribution in [2.45, 2.75) is 6.92 Å². The van der Waals surface area contributed by atoms with Crippen LogP contribution in [-0.4, -0.2) is 18.4 Å². The van der Waals surface area contributed by atoms with Crippen LogP contribution in [0.2, 0.25) is 10.0 Å². The SMILES string of the molecule is Cc1cc(Cl)ccc1OCC(=O)NNC(=O)/C=C/c1ccc(Cl)cc1. The first-order valence-corrected chi connectivity index (χ1v) is 8.11. The van der Waals surface area contributed by atoms with Crippen molar-refractivity contribution in [2.24, 2.45) is 0 Å². The number of hydrogen-bond acceptors (Lipinski definition) is 3. The van der Waals surface area contributed by atoms with Gasteiger partial charge < -0.3 is 4.74 Å². The minimum Gasteiger partial charge on any atom is -0.483 e. The molecular formula is C18H16Cl2N2O3. The van der Waals surface area contributed by atoms with Crippen molar-refractivity contribution >= 4 is 41.1 Å². The van der Waals surface area contributed by atoms with E-state index in [4.69, 9.17) is 27.9 Å². The summed E-state index contributed by atoms with van der Waals surface area (Å²) in [6.07, 6.45) is 2.90. The zero-order valence-electron chi connectivity index (χ0n) is 13.4. The molecule has 5 nitrogen and oxygen atoms in total. The number of carbonyl (C=O) groups is 2. The van der Waals surface area contributed by atoms with Gasteiger partial charge in [-0.05, 0) is 54.5 Å². The van der Waals surface area contributed by atoms with E-state index in [1.165, 1.54) is 6.08 Å². The lowest BCUT2D eigenvalue weighted by Gasteiger charge is -2.09. The zero-order chi connectivity index (χ0) is 18.2. The summed E-state index contributed by atoms with van der Waals surface area (Å²) in [6, 6.07) is 12.1. The van der Waals surface area contributed by atoms with Crippen LogP contribution in [0.3, 0.4) is 0 Å². The lowest BCUT2D eigenvalue weighted by atomic mass is 10.2. The fraction of sp³-hybridized carbons (Fsp3) is 0.111. The Morgan fingerprint density at radius 3 is 2.40 bits per heavy atom.